The smallest absolute Gasteiger partial charge is 0.303 e. The van der Waals surface area contributed by atoms with Gasteiger partial charge in [0.2, 0.25) is 0 Å². The fraction of sp³-hybridized carbons (Fsp3) is 0.292. The Morgan fingerprint density at radius 1 is 1.09 bits per heavy atom. The van der Waals surface area contributed by atoms with Crippen molar-refractivity contribution in [1.82, 2.24) is 4.90 Å². The highest BCUT2D eigenvalue weighted by atomic mass is 16.6. The van der Waals surface area contributed by atoms with E-state index in [-0.39, 0.29) is 29.8 Å². The molecular formula is C24H24N2O8. The van der Waals surface area contributed by atoms with Gasteiger partial charge in [0, 0.05) is 30.7 Å². The quantitative estimate of drug-likeness (QED) is 0.134. The molecule has 2 aromatic carbocycles. The molecule has 34 heavy (non-hydrogen) atoms. The predicted octanol–water partition coefficient (Wildman–Crippen LogP) is 3.67. The van der Waals surface area contributed by atoms with Crippen molar-refractivity contribution in [1.29, 1.82) is 0 Å². The van der Waals surface area contributed by atoms with Crippen molar-refractivity contribution >= 4 is 29.1 Å². The molecule has 1 saturated heterocycles. The fourth-order valence-electron chi connectivity index (χ4n) is 3.90. The van der Waals surface area contributed by atoms with Crippen LogP contribution >= 0.6 is 0 Å². The molecule has 0 spiro atoms. The highest BCUT2D eigenvalue weighted by molar-refractivity contribution is 6.46. The van der Waals surface area contributed by atoms with Gasteiger partial charge in [0.25, 0.3) is 17.4 Å². The van der Waals surface area contributed by atoms with Crippen molar-refractivity contribution in [2.24, 2.45) is 0 Å². The van der Waals surface area contributed by atoms with Crippen LogP contribution in [0.3, 0.4) is 0 Å². The molecule has 3 rings (SSSR count). The number of aliphatic hydroxyl groups excluding tert-OH is 1. The minimum absolute atomic E-state index is 0.0122. The van der Waals surface area contributed by atoms with Crippen molar-refractivity contribution in [2.75, 3.05) is 13.7 Å². The molecule has 10 nitrogen and oxygen atoms in total. The summed E-state index contributed by atoms with van der Waals surface area (Å²) in [5.41, 5.74) is 0.408. The Morgan fingerprint density at radius 2 is 1.79 bits per heavy atom. The molecule has 1 aliphatic rings. The lowest BCUT2D eigenvalue weighted by atomic mass is 9.95. The number of hydrogen-bond donors (Lipinski definition) is 2. The molecule has 0 saturated carbocycles. The normalized spacial score (nSPS) is 17.1. The van der Waals surface area contributed by atoms with E-state index in [1.807, 2.05) is 0 Å². The second kappa shape index (κ2) is 10.6. The lowest BCUT2D eigenvalue weighted by Crippen LogP contribution is -2.30. The number of aliphatic carboxylic acids is 1. The molecule has 1 atom stereocenters. The number of nitrogens with zero attached hydrogens (tertiary/aromatic N) is 2. The number of carboxylic acids is 1. The zero-order chi connectivity index (χ0) is 24.8. The van der Waals surface area contributed by atoms with Gasteiger partial charge in [-0.15, -0.1) is 0 Å². The van der Waals surface area contributed by atoms with Crippen molar-refractivity contribution in [2.45, 2.75) is 31.7 Å². The number of nitro groups is 1. The maximum absolute atomic E-state index is 13.0. The SMILES string of the molecule is COc1cccc(C2/C(=C(\O)c3ccc([N+](=O)[O-])cc3)C(=O)C(=O)N2CCCCCC(=O)O)c1. The zero-order valence-electron chi connectivity index (χ0n) is 18.5. The van der Waals surface area contributed by atoms with Gasteiger partial charge in [-0.1, -0.05) is 18.6 Å². The molecule has 2 N–H and O–H groups in total. The summed E-state index contributed by atoms with van der Waals surface area (Å²) in [5.74, 6) is -2.49. The molecule has 1 heterocycles. The van der Waals surface area contributed by atoms with Gasteiger partial charge in [-0.3, -0.25) is 24.5 Å². The van der Waals surface area contributed by atoms with E-state index in [1.54, 1.807) is 24.3 Å². The van der Waals surface area contributed by atoms with E-state index in [0.29, 0.717) is 30.6 Å². The number of ether oxygens (including phenoxy) is 1. The fourth-order valence-corrected chi connectivity index (χ4v) is 3.90. The van der Waals surface area contributed by atoms with Crippen LogP contribution in [0, 0.1) is 10.1 Å². The van der Waals surface area contributed by atoms with E-state index >= 15 is 0 Å². The largest absolute Gasteiger partial charge is 0.507 e. The first kappa shape index (κ1) is 24.4. The predicted molar refractivity (Wildman–Crippen MR) is 121 cm³/mol. The average Bonchev–Trinajstić information content (AvgIpc) is 3.08. The van der Waals surface area contributed by atoms with Crippen molar-refractivity contribution in [3.8, 4) is 5.75 Å². The summed E-state index contributed by atoms with van der Waals surface area (Å²) in [6, 6.07) is 10.9. The van der Waals surface area contributed by atoms with Crippen molar-refractivity contribution < 1.29 is 34.3 Å². The third kappa shape index (κ3) is 5.22. The maximum Gasteiger partial charge on any atom is 0.303 e. The third-order valence-corrected chi connectivity index (χ3v) is 5.59. The van der Waals surface area contributed by atoms with Gasteiger partial charge < -0.3 is 19.8 Å². The lowest BCUT2D eigenvalue weighted by Gasteiger charge is -2.25. The molecule has 10 heteroatoms. The molecule has 1 unspecified atom stereocenters. The number of carbonyl (C=O) groups excluding carboxylic acids is 2. The van der Waals surface area contributed by atoms with Gasteiger partial charge in [-0.05, 0) is 42.7 Å². The van der Waals surface area contributed by atoms with Crippen LogP contribution in [-0.4, -0.2) is 51.4 Å². The van der Waals surface area contributed by atoms with E-state index in [4.69, 9.17) is 9.84 Å². The van der Waals surface area contributed by atoms with Crippen LogP contribution in [0.15, 0.2) is 54.1 Å². The monoisotopic (exact) mass is 468 g/mol. The minimum atomic E-state index is -0.903. The van der Waals surface area contributed by atoms with Gasteiger partial charge in [0.1, 0.15) is 11.5 Å². The molecule has 0 aromatic heterocycles. The number of Topliss-reactive ketones (excluding diaryl/α,β-unsaturated/α-hetero) is 1. The number of amides is 1. The molecule has 178 valence electrons. The number of likely N-dealkylation sites (tertiary alicyclic amines) is 1. The number of rotatable bonds is 10. The average molecular weight is 468 g/mol. The third-order valence-electron chi connectivity index (χ3n) is 5.59. The number of carboxylic acid groups (broad SMARTS) is 1. The Balaban J connectivity index is 2.01. The number of non-ortho nitro benzene ring substituents is 1. The topological polar surface area (TPSA) is 147 Å². The Kier molecular flexibility index (Phi) is 7.62. The van der Waals surface area contributed by atoms with Crippen LogP contribution in [0.1, 0.15) is 42.9 Å². The van der Waals surface area contributed by atoms with Crippen LogP contribution in [0.4, 0.5) is 5.69 Å². The first-order chi connectivity index (χ1) is 16.2. The molecule has 0 bridgehead atoms. The number of carbonyl (C=O) groups is 3. The standard InChI is InChI=1S/C24H24N2O8/c1-34-18-7-5-6-16(14-18)21-20(22(29)15-9-11-17(12-10-15)26(32)33)23(30)24(31)25(21)13-4-2-3-8-19(27)28/h5-7,9-12,14,21,29H,2-4,8,13H2,1H3,(H,27,28)/b22-20+. The highest BCUT2D eigenvalue weighted by Crippen LogP contribution is 2.40. The minimum Gasteiger partial charge on any atom is -0.507 e. The summed E-state index contributed by atoms with van der Waals surface area (Å²) in [4.78, 5) is 48.4. The molecular weight excluding hydrogens is 444 g/mol. The van der Waals surface area contributed by atoms with Crippen LogP contribution in [0.5, 0.6) is 5.75 Å². The molecule has 1 fully saturated rings. The van der Waals surface area contributed by atoms with E-state index in [9.17, 15) is 29.6 Å². The first-order valence-electron chi connectivity index (χ1n) is 10.6. The molecule has 1 aliphatic heterocycles. The molecule has 0 aliphatic carbocycles. The number of benzene rings is 2. The number of hydrogen-bond acceptors (Lipinski definition) is 7. The Labute approximate surface area is 195 Å². The van der Waals surface area contributed by atoms with Crippen LogP contribution in [0.25, 0.3) is 5.76 Å². The number of aliphatic hydroxyl groups is 1. The van der Waals surface area contributed by atoms with Crippen LogP contribution < -0.4 is 4.74 Å². The van der Waals surface area contributed by atoms with Gasteiger partial charge in [0.05, 0.1) is 23.6 Å². The number of unbranched alkanes of at least 4 members (excludes halogenated alkanes) is 2. The second-order valence-corrected chi connectivity index (χ2v) is 7.78. The van der Waals surface area contributed by atoms with Crippen LogP contribution in [-0.2, 0) is 14.4 Å². The Bertz CT molecular complexity index is 1140. The summed E-state index contributed by atoms with van der Waals surface area (Å²) in [5, 5.41) is 30.7. The summed E-state index contributed by atoms with van der Waals surface area (Å²) >= 11 is 0. The van der Waals surface area contributed by atoms with Crippen molar-refractivity contribution in [3.05, 3.63) is 75.3 Å². The number of ketones is 1. The highest BCUT2D eigenvalue weighted by Gasteiger charge is 2.45. The van der Waals surface area contributed by atoms with Crippen molar-refractivity contribution in [3.63, 3.8) is 0 Å². The molecule has 1 amide bonds. The summed E-state index contributed by atoms with van der Waals surface area (Å²) in [7, 11) is 1.48. The molecule has 2 aromatic rings. The van der Waals surface area contributed by atoms with E-state index in [1.165, 1.54) is 36.3 Å². The van der Waals surface area contributed by atoms with Gasteiger partial charge in [-0.2, -0.15) is 0 Å². The number of methoxy groups -OCH3 is 1. The summed E-state index contributed by atoms with van der Waals surface area (Å²) in [6.45, 7) is 0.184. The zero-order valence-corrected chi connectivity index (χ0v) is 18.5. The van der Waals surface area contributed by atoms with Gasteiger partial charge in [0.15, 0.2) is 0 Å². The molecule has 0 radical (unpaired) electrons. The van der Waals surface area contributed by atoms with Crippen LogP contribution in [0.2, 0.25) is 0 Å². The van der Waals surface area contributed by atoms with E-state index in [0.717, 1.165) is 0 Å². The Morgan fingerprint density at radius 3 is 2.41 bits per heavy atom. The van der Waals surface area contributed by atoms with E-state index < -0.39 is 34.4 Å². The summed E-state index contributed by atoms with van der Waals surface area (Å²) < 4.78 is 5.27. The second-order valence-electron chi connectivity index (χ2n) is 7.78. The maximum atomic E-state index is 13.0. The van der Waals surface area contributed by atoms with Gasteiger partial charge in [-0.25, -0.2) is 0 Å². The number of nitro benzene ring substituents is 1. The van der Waals surface area contributed by atoms with E-state index in [2.05, 4.69) is 0 Å². The Hall–Kier alpha value is -4.21. The first-order valence-corrected chi connectivity index (χ1v) is 10.6. The lowest BCUT2D eigenvalue weighted by molar-refractivity contribution is -0.384. The summed E-state index contributed by atoms with van der Waals surface area (Å²) in [6.07, 6.45) is 1.46. The van der Waals surface area contributed by atoms with Gasteiger partial charge >= 0.3 is 5.97 Å².